The molecule has 1 saturated heterocycles. The second kappa shape index (κ2) is 8.06. The van der Waals surface area contributed by atoms with E-state index >= 15 is 0 Å². The van der Waals surface area contributed by atoms with Gasteiger partial charge in [-0.1, -0.05) is 60.6 Å². The first kappa shape index (κ1) is 18.0. The van der Waals surface area contributed by atoms with Gasteiger partial charge in [-0.15, -0.1) is 0 Å². The molecule has 3 rings (SSSR count). The Morgan fingerprint density at radius 2 is 1.92 bits per heavy atom. The summed E-state index contributed by atoms with van der Waals surface area (Å²) in [6, 6.07) is 15.8. The molecule has 2 atom stereocenters. The van der Waals surface area contributed by atoms with E-state index in [0.717, 1.165) is 11.1 Å². The standard InChI is InChI=1S/C20H19ClN2O3/c1-13-17(19(24)26-11-10-14-6-3-2-4-7-14)18(23-20(25)22-13)15-8-5-9-16(21)12-15/h2-9,12,17-18H,1,10-11H2,(H2,22,23,25). The summed E-state index contributed by atoms with van der Waals surface area (Å²) < 4.78 is 5.45. The van der Waals surface area contributed by atoms with E-state index in [1.807, 2.05) is 30.3 Å². The van der Waals surface area contributed by atoms with Crippen molar-refractivity contribution in [3.8, 4) is 0 Å². The minimum atomic E-state index is -0.734. The first-order chi connectivity index (χ1) is 12.5. The highest BCUT2D eigenvalue weighted by atomic mass is 35.5. The Kier molecular flexibility index (Phi) is 5.58. The van der Waals surface area contributed by atoms with Crippen molar-refractivity contribution in [3.63, 3.8) is 0 Å². The van der Waals surface area contributed by atoms with Crippen LogP contribution in [0.25, 0.3) is 0 Å². The van der Waals surface area contributed by atoms with Crippen LogP contribution in [0.4, 0.5) is 4.79 Å². The predicted octanol–water partition coefficient (Wildman–Crippen LogP) is 3.61. The number of esters is 1. The van der Waals surface area contributed by atoms with Crippen molar-refractivity contribution in [2.45, 2.75) is 12.5 Å². The maximum atomic E-state index is 12.7. The highest BCUT2D eigenvalue weighted by Gasteiger charge is 2.38. The van der Waals surface area contributed by atoms with Crippen LogP contribution in [0.1, 0.15) is 17.2 Å². The van der Waals surface area contributed by atoms with Gasteiger partial charge in [0, 0.05) is 17.1 Å². The number of carbonyl (C=O) groups excluding carboxylic acids is 2. The number of urea groups is 1. The van der Waals surface area contributed by atoms with Gasteiger partial charge < -0.3 is 15.4 Å². The highest BCUT2D eigenvalue weighted by molar-refractivity contribution is 6.30. The van der Waals surface area contributed by atoms with Crippen LogP contribution >= 0.6 is 11.6 Å². The third-order valence-corrected chi connectivity index (χ3v) is 4.44. The fraction of sp³-hybridized carbons (Fsp3) is 0.200. The van der Waals surface area contributed by atoms with Gasteiger partial charge in [0.25, 0.3) is 0 Å². The number of hydrogen-bond donors (Lipinski definition) is 2. The molecule has 2 amide bonds. The normalized spacial score (nSPS) is 19.4. The molecule has 1 aliphatic rings. The molecule has 26 heavy (non-hydrogen) atoms. The Bertz CT molecular complexity index is 823. The summed E-state index contributed by atoms with van der Waals surface area (Å²) >= 11 is 6.05. The van der Waals surface area contributed by atoms with Crippen molar-refractivity contribution >= 4 is 23.6 Å². The lowest BCUT2D eigenvalue weighted by Crippen LogP contribution is -2.51. The maximum Gasteiger partial charge on any atom is 0.319 e. The first-order valence-electron chi connectivity index (χ1n) is 8.27. The number of halogens is 1. The highest BCUT2D eigenvalue weighted by Crippen LogP contribution is 2.31. The average Bonchev–Trinajstić information content (AvgIpc) is 2.62. The van der Waals surface area contributed by atoms with Gasteiger partial charge in [0.2, 0.25) is 0 Å². The second-order valence-corrected chi connectivity index (χ2v) is 6.47. The lowest BCUT2D eigenvalue weighted by Gasteiger charge is -2.33. The molecule has 2 aromatic rings. The SMILES string of the molecule is C=C1NC(=O)NC(c2cccc(Cl)c2)C1C(=O)OCCc1ccccc1. The molecule has 0 bridgehead atoms. The molecular weight excluding hydrogens is 352 g/mol. The fourth-order valence-corrected chi connectivity index (χ4v) is 3.14. The molecule has 5 nitrogen and oxygen atoms in total. The monoisotopic (exact) mass is 370 g/mol. The van der Waals surface area contributed by atoms with Gasteiger partial charge in [0.1, 0.15) is 5.92 Å². The molecule has 0 spiro atoms. The Balaban J connectivity index is 1.72. The van der Waals surface area contributed by atoms with Crippen LogP contribution in [0.3, 0.4) is 0 Å². The molecular formula is C20H19ClN2O3. The van der Waals surface area contributed by atoms with Crippen LogP contribution in [-0.2, 0) is 16.0 Å². The van der Waals surface area contributed by atoms with Gasteiger partial charge in [0.15, 0.2) is 0 Å². The zero-order valence-electron chi connectivity index (χ0n) is 14.1. The van der Waals surface area contributed by atoms with Crippen LogP contribution in [-0.4, -0.2) is 18.6 Å². The number of carbonyl (C=O) groups is 2. The van der Waals surface area contributed by atoms with E-state index in [4.69, 9.17) is 16.3 Å². The summed E-state index contributed by atoms with van der Waals surface area (Å²) in [5.41, 5.74) is 2.11. The molecule has 134 valence electrons. The van der Waals surface area contributed by atoms with Crippen LogP contribution in [0.2, 0.25) is 5.02 Å². The van der Waals surface area contributed by atoms with Crippen LogP contribution in [0.15, 0.2) is 66.9 Å². The number of hydrogen-bond acceptors (Lipinski definition) is 3. The van der Waals surface area contributed by atoms with Gasteiger partial charge in [-0.05, 0) is 23.3 Å². The Labute approximate surface area is 157 Å². The van der Waals surface area contributed by atoms with E-state index in [1.54, 1.807) is 24.3 Å². The van der Waals surface area contributed by atoms with Crippen LogP contribution in [0, 0.1) is 5.92 Å². The van der Waals surface area contributed by atoms with Crippen molar-refractivity contribution in [2.75, 3.05) is 6.61 Å². The van der Waals surface area contributed by atoms with E-state index in [0.29, 0.717) is 17.1 Å². The molecule has 0 saturated carbocycles. The van der Waals surface area contributed by atoms with E-state index in [1.165, 1.54) is 0 Å². The van der Waals surface area contributed by atoms with E-state index in [2.05, 4.69) is 17.2 Å². The number of amides is 2. The molecule has 2 aromatic carbocycles. The van der Waals surface area contributed by atoms with Crippen LogP contribution in [0.5, 0.6) is 0 Å². The van der Waals surface area contributed by atoms with Crippen molar-refractivity contribution in [2.24, 2.45) is 5.92 Å². The van der Waals surface area contributed by atoms with Gasteiger partial charge in [-0.3, -0.25) is 4.79 Å². The third-order valence-electron chi connectivity index (χ3n) is 4.21. The topological polar surface area (TPSA) is 67.4 Å². The summed E-state index contributed by atoms with van der Waals surface area (Å²) in [4.78, 5) is 24.5. The lowest BCUT2D eigenvalue weighted by atomic mass is 9.89. The molecule has 2 N–H and O–H groups in total. The average molecular weight is 371 g/mol. The molecule has 0 radical (unpaired) electrons. The zero-order chi connectivity index (χ0) is 18.5. The molecule has 1 aliphatic heterocycles. The number of ether oxygens (including phenoxy) is 1. The fourth-order valence-electron chi connectivity index (χ4n) is 2.94. The molecule has 1 fully saturated rings. The summed E-state index contributed by atoms with van der Waals surface area (Å²) in [6.07, 6.45) is 0.618. The Morgan fingerprint density at radius 3 is 2.65 bits per heavy atom. The van der Waals surface area contributed by atoms with Crippen molar-refractivity contribution in [3.05, 3.63) is 83.0 Å². The van der Waals surface area contributed by atoms with Crippen LogP contribution < -0.4 is 10.6 Å². The minimum absolute atomic E-state index is 0.253. The maximum absolute atomic E-state index is 12.7. The smallest absolute Gasteiger partial charge is 0.319 e. The second-order valence-electron chi connectivity index (χ2n) is 6.04. The van der Waals surface area contributed by atoms with Crippen molar-refractivity contribution in [1.82, 2.24) is 10.6 Å². The van der Waals surface area contributed by atoms with Gasteiger partial charge in [0.05, 0.1) is 12.6 Å². The summed E-state index contributed by atoms with van der Waals surface area (Å²) in [5.74, 6) is -1.18. The quantitative estimate of drug-likeness (QED) is 0.790. The zero-order valence-corrected chi connectivity index (χ0v) is 14.8. The summed E-state index contributed by atoms with van der Waals surface area (Å²) in [7, 11) is 0. The third kappa shape index (κ3) is 4.24. The molecule has 1 heterocycles. The van der Waals surface area contributed by atoms with Gasteiger partial charge in [-0.25, -0.2) is 4.79 Å². The lowest BCUT2D eigenvalue weighted by molar-refractivity contribution is -0.148. The van der Waals surface area contributed by atoms with Gasteiger partial charge >= 0.3 is 12.0 Å². The van der Waals surface area contributed by atoms with E-state index in [9.17, 15) is 9.59 Å². The summed E-state index contributed by atoms with van der Waals surface area (Å²) in [5, 5.41) is 5.84. The van der Waals surface area contributed by atoms with Gasteiger partial charge in [-0.2, -0.15) is 0 Å². The largest absolute Gasteiger partial charge is 0.465 e. The first-order valence-corrected chi connectivity index (χ1v) is 8.65. The van der Waals surface area contributed by atoms with Crippen molar-refractivity contribution < 1.29 is 14.3 Å². The molecule has 2 unspecified atom stereocenters. The number of benzene rings is 2. The predicted molar refractivity (Wildman–Crippen MR) is 99.6 cm³/mol. The number of rotatable bonds is 5. The molecule has 0 aliphatic carbocycles. The minimum Gasteiger partial charge on any atom is -0.465 e. The van der Waals surface area contributed by atoms with E-state index < -0.39 is 24.0 Å². The molecule has 0 aromatic heterocycles. The van der Waals surface area contributed by atoms with E-state index in [-0.39, 0.29) is 6.61 Å². The Hall–Kier alpha value is -2.79. The Morgan fingerprint density at radius 1 is 1.15 bits per heavy atom. The molecule has 6 heteroatoms. The van der Waals surface area contributed by atoms with Crippen molar-refractivity contribution in [1.29, 1.82) is 0 Å². The summed E-state index contributed by atoms with van der Waals surface area (Å²) in [6.45, 7) is 4.08. The number of nitrogens with one attached hydrogen (secondary N) is 2.